The smallest absolute Gasteiger partial charge is 0.350 e. The minimum atomic E-state index is -0.608. The first-order valence-electron chi connectivity index (χ1n) is 9.64. The lowest BCUT2D eigenvalue weighted by Gasteiger charge is -2.16. The molecule has 1 aromatic heterocycles. The van der Waals surface area contributed by atoms with Crippen LogP contribution in [0.1, 0.15) is 20.9 Å². The Morgan fingerprint density at radius 1 is 1.03 bits per heavy atom. The quantitative estimate of drug-likeness (QED) is 0.570. The number of anilines is 1. The van der Waals surface area contributed by atoms with Crippen LogP contribution < -0.4 is 5.32 Å². The van der Waals surface area contributed by atoms with E-state index >= 15 is 0 Å². The normalized spacial score (nSPS) is 10.4. The molecule has 0 aliphatic heterocycles. The molecule has 0 bridgehead atoms. The molecule has 8 heteroatoms. The van der Waals surface area contributed by atoms with Crippen LogP contribution in [-0.2, 0) is 14.3 Å². The molecule has 0 unspecified atom stereocenters. The van der Waals surface area contributed by atoms with Crippen molar-refractivity contribution in [2.24, 2.45) is 0 Å². The first-order chi connectivity index (χ1) is 14.8. The average molecular weight is 438 g/mol. The van der Waals surface area contributed by atoms with Gasteiger partial charge in [-0.1, -0.05) is 48.0 Å². The SMILES string of the molecule is Cc1ccc(NC(=O)CN(C)C(=O)COC(=O)c2sc(-c3ccccc3)nc2C)cc1. The summed E-state index contributed by atoms with van der Waals surface area (Å²) in [5.74, 6) is -1.42. The first-order valence-corrected chi connectivity index (χ1v) is 10.5. The summed E-state index contributed by atoms with van der Waals surface area (Å²) in [5, 5.41) is 3.43. The van der Waals surface area contributed by atoms with E-state index in [2.05, 4.69) is 10.3 Å². The fourth-order valence-corrected chi connectivity index (χ4v) is 3.70. The van der Waals surface area contributed by atoms with Gasteiger partial charge in [0.25, 0.3) is 5.91 Å². The van der Waals surface area contributed by atoms with Crippen LogP contribution in [0.25, 0.3) is 10.6 Å². The highest BCUT2D eigenvalue weighted by Crippen LogP contribution is 2.28. The highest BCUT2D eigenvalue weighted by Gasteiger charge is 2.20. The number of carbonyl (C=O) groups excluding carboxylic acids is 3. The second-order valence-corrected chi connectivity index (χ2v) is 8.04. The molecular weight excluding hydrogens is 414 g/mol. The van der Waals surface area contributed by atoms with Crippen LogP contribution in [-0.4, -0.2) is 47.9 Å². The zero-order valence-corrected chi connectivity index (χ0v) is 18.4. The molecule has 1 N–H and O–H groups in total. The third-order valence-corrected chi connectivity index (χ3v) is 5.66. The predicted molar refractivity (Wildman–Crippen MR) is 120 cm³/mol. The molecule has 1 heterocycles. The van der Waals surface area contributed by atoms with E-state index in [-0.39, 0.29) is 12.5 Å². The Balaban J connectivity index is 1.51. The Labute approximate surface area is 184 Å². The largest absolute Gasteiger partial charge is 0.451 e. The molecule has 0 fully saturated rings. The molecule has 2 aromatic carbocycles. The number of carbonyl (C=O) groups is 3. The number of nitrogens with zero attached hydrogens (tertiary/aromatic N) is 2. The van der Waals surface area contributed by atoms with Gasteiger partial charge in [0.1, 0.15) is 9.88 Å². The summed E-state index contributed by atoms with van der Waals surface area (Å²) in [6.45, 7) is 3.08. The molecule has 160 valence electrons. The number of rotatable bonds is 7. The van der Waals surface area contributed by atoms with Crippen molar-refractivity contribution in [2.75, 3.05) is 25.5 Å². The lowest BCUT2D eigenvalue weighted by molar-refractivity contribution is -0.136. The lowest BCUT2D eigenvalue weighted by Crippen LogP contribution is -2.37. The summed E-state index contributed by atoms with van der Waals surface area (Å²) in [6.07, 6.45) is 0. The number of amides is 2. The number of aryl methyl sites for hydroxylation is 2. The van der Waals surface area contributed by atoms with Crippen molar-refractivity contribution in [1.82, 2.24) is 9.88 Å². The number of benzene rings is 2. The average Bonchev–Trinajstić information content (AvgIpc) is 3.15. The fraction of sp³-hybridized carbons (Fsp3) is 0.217. The summed E-state index contributed by atoms with van der Waals surface area (Å²) >= 11 is 1.22. The van der Waals surface area contributed by atoms with Gasteiger partial charge in [0.2, 0.25) is 5.91 Å². The number of ether oxygens (including phenoxy) is 1. The summed E-state index contributed by atoms with van der Waals surface area (Å²) in [4.78, 5) is 42.8. The third-order valence-electron chi connectivity index (χ3n) is 4.47. The molecule has 3 rings (SSSR count). The first kappa shape index (κ1) is 22.2. The van der Waals surface area contributed by atoms with Gasteiger partial charge in [0.05, 0.1) is 12.2 Å². The summed E-state index contributed by atoms with van der Waals surface area (Å²) in [6, 6.07) is 16.9. The molecule has 2 amide bonds. The van der Waals surface area contributed by atoms with Crippen LogP contribution in [0, 0.1) is 13.8 Å². The summed E-state index contributed by atoms with van der Waals surface area (Å²) < 4.78 is 5.16. The van der Waals surface area contributed by atoms with Crippen molar-refractivity contribution in [3.8, 4) is 10.6 Å². The van der Waals surface area contributed by atoms with E-state index in [1.807, 2.05) is 49.4 Å². The van der Waals surface area contributed by atoms with Gasteiger partial charge in [-0.3, -0.25) is 9.59 Å². The van der Waals surface area contributed by atoms with Crippen LogP contribution >= 0.6 is 11.3 Å². The van der Waals surface area contributed by atoms with Crippen molar-refractivity contribution < 1.29 is 19.1 Å². The van der Waals surface area contributed by atoms with Crippen molar-refractivity contribution in [3.63, 3.8) is 0 Å². The fourth-order valence-electron chi connectivity index (χ4n) is 2.73. The van der Waals surface area contributed by atoms with E-state index in [1.165, 1.54) is 23.3 Å². The van der Waals surface area contributed by atoms with Crippen LogP contribution in [0.3, 0.4) is 0 Å². The highest BCUT2D eigenvalue weighted by atomic mass is 32.1. The van der Waals surface area contributed by atoms with Gasteiger partial charge in [-0.2, -0.15) is 0 Å². The molecule has 0 aliphatic rings. The van der Waals surface area contributed by atoms with E-state index in [1.54, 1.807) is 19.1 Å². The molecule has 3 aromatic rings. The molecule has 0 radical (unpaired) electrons. The second kappa shape index (κ2) is 9.99. The molecule has 0 aliphatic carbocycles. The highest BCUT2D eigenvalue weighted by molar-refractivity contribution is 7.17. The Hall–Kier alpha value is -3.52. The standard InChI is InChI=1S/C23H23N3O4S/c1-15-9-11-18(12-10-15)25-19(27)13-26(3)20(28)14-30-23(29)21-16(2)24-22(31-21)17-7-5-4-6-8-17/h4-12H,13-14H2,1-3H3,(H,25,27). The van der Waals surface area contributed by atoms with Crippen LogP contribution in [0.4, 0.5) is 5.69 Å². The molecule has 0 spiro atoms. The molecule has 31 heavy (non-hydrogen) atoms. The number of esters is 1. The monoisotopic (exact) mass is 437 g/mol. The van der Waals surface area contributed by atoms with E-state index in [4.69, 9.17) is 4.74 Å². The van der Waals surface area contributed by atoms with Crippen molar-refractivity contribution in [2.45, 2.75) is 13.8 Å². The van der Waals surface area contributed by atoms with Crippen LogP contribution in [0.15, 0.2) is 54.6 Å². The van der Waals surface area contributed by atoms with Crippen molar-refractivity contribution >= 4 is 34.8 Å². The van der Waals surface area contributed by atoms with Gasteiger partial charge >= 0.3 is 5.97 Å². The Bertz CT molecular complexity index is 1080. The maximum atomic E-state index is 12.4. The van der Waals surface area contributed by atoms with Gasteiger partial charge < -0.3 is 15.0 Å². The Kier molecular flexibility index (Phi) is 7.15. The predicted octanol–water partition coefficient (Wildman–Crippen LogP) is 3.68. The van der Waals surface area contributed by atoms with Crippen molar-refractivity contribution in [3.05, 3.63) is 70.7 Å². The molecule has 0 atom stereocenters. The van der Waals surface area contributed by atoms with Crippen LogP contribution in [0.5, 0.6) is 0 Å². The van der Waals surface area contributed by atoms with Crippen molar-refractivity contribution in [1.29, 1.82) is 0 Å². The summed E-state index contributed by atoms with van der Waals surface area (Å²) in [7, 11) is 1.48. The Morgan fingerprint density at radius 3 is 2.39 bits per heavy atom. The minimum Gasteiger partial charge on any atom is -0.451 e. The third kappa shape index (κ3) is 5.99. The molecule has 0 saturated carbocycles. The molecular formula is C23H23N3O4S. The van der Waals surface area contributed by atoms with E-state index in [0.29, 0.717) is 21.3 Å². The maximum Gasteiger partial charge on any atom is 0.350 e. The number of likely N-dealkylation sites (N-methyl/N-ethyl adjacent to an activating group) is 1. The number of hydrogen-bond donors (Lipinski definition) is 1. The minimum absolute atomic E-state index is 0.151. The number of aromatic nitrogens is 1. The van der Waals surface area contributed by atoms with E-state index in [9.17, 15) is 14.4 Å². The topological polar surface area (TPSA) is 88.6 Å². The number of thiazole rings is 1. The van der Waals surface area contributed by atoms with E-state index < -0.39 is 18.5 Å². The van der Waals surface area contributed by atoms with Gasteiger partial charge in [0.15, 0.2) is 6.61 Å². The maximum absolute atomic E-state index is 12.4. The number of nitrogens with one attached hydrogen (secondary N) is 1. The second-order valence-electron chi connectivity index (χ2n) is 7.04. The molecule has 7 nitrogen and oxygen atoms in total. The summed E-state index contributed by atoms with van der Waals surface area (Å²) in [5.41, 5.74) is 3.19. The van der Waals surface area contributed by atoms with E-state index in [0.717, 1.165) is 11.1 Å². The number of hydrogen-bond acceptors (Lipinski definition) is 6. The zero-order chi connectivity index (χ0) is 22.4. The van der Waals surface area contributed by atoms with Gasteiger partial charge in [-0.25, -0.2) is 9.78 Å². The van der Waals surface area contributed by atoms with Crippen LogP contribution in [0.2, 0.25) is 0 Å². The lowest BCUT2D eigenvalue weighted by atomic mass is 10.2. The Morgan fingerprint density at radius 2 is 1.71 bits per heavy atom. The van der Waals surface area contributed by atoms with Gasteiger partial charge in [-0.15, -0.1) is 11.3 Å². The van der Waals surface area contributed by atoms with Gasteiger partial charge in [0, 0.05) is 18.3 Å². The molecule has 0 saturated heterocycles. The zero-order valence-electron chi connectivity index (χ0n) is 17.5. The van der Waals surface area contributed by atoms with Gasteiger partial charge in [-0.05, 0) is 26.0 Å².